The smallest absolute Gasteiger partial charge is 0.350 e. The number of benzene rings is 1. The van der Waals surface area contributed by atoms with E-state index < -0.39 is 5.97 Å². The molecule has 0 atom stereocenters. The number of hydrogen-bond acceptors (Lipinski definition) is 6. The van der Waals surface area contributed by atoms with E-state index in [4.69, 9.17) is 15.3 Å². The normalized spacial score (nSPS) is 10.4. The molecule has 0 aliphatic rings. The quantitative estimate of drug-likeness (QED) is 0.295. The fourth-order valence-electron chi connectivity index (χ4n) is 1.75. The van der Waals surface area contributed by atoms with Crippen molar-refractivity contribution in [1.29, 1.82) is 10.5 Å². The molecule has 1 rings (SSSR count). The number of anilines is 1. The second-order valence-corrected chi connectivity index (χ2v) is 5.02. The van der Waals surface area contributed by atoms with Crippen LogP contribution in [0.3, 0.4) is 0 Å². The minimum Gasteiger partial charge on any atom is -0.462 e. The standard InChI is InChI=1S/C15H15N3O2S/c1-4-20-15(19)12(7-16)8-18-14-10(2)5-13(21-9-17)6-11(14)3/h5-6,8,18H,4H2,1-3H3/b12-8+. The molecule has 5 nitrogen and oxygen atoms in total. The number of carbonyl (C=O) groups excluding carboxylic acids is 1. The van der Waals surface area contributed by atoms with Crippen molar-refractivity contribution in [1.82, 2.24) is 0 Å². The van der Waals surface area contributed by atoms with Gasteiger partial charge < -0.3 is 10.1 Å². The molecule has 0 fully saturated rings. The second kappa shape index (κ2) is 7.98. The summed E-state index contributed by atoms with van der Waals surface area (Å²) in [5, 5.41) is 22.6. The van der Waals surface area contributed by atoms with Gasteiger partial charge in [-0.1, -0.05) is 0 Å². The molecule has 0 saturated heterocycles. The van der Waals surface area contributed by atoms with Crippen molar-refractivity contribution in [2.45, 2.75) is 25.7 Å². The van der Waals surface area contributed by atoms with E-state index >= 15 is 0 Å². The second-order valence-electron chi connectivity index (χ2n) is 4.16. The maximum absolute atomic E-state index is 11.5. The van der Waals surface area contributed by atoms with E-state index in [0.29, 0.717) is 0 Å². The molecule has 1 N–H and O–H groups in total. The van der Waals surface area contributed by atoms with Crippen molar-refractivity contribution < 1.29 is 9.53 Å². The fourth-order valence-corrected chi connectivity index (χ4v) is 2.33. The number of esters is 1. The van der Waals surface area contributed by atoms with Crippen LogP contribution in [0.25, 0.3) is 0 Å². The number of thioether (sulfide) groups is 1. The average Bonchev–Trinajstić information content (AvgIpc) is 2.42. The zero-order valence-electron chi connectivity index (χ0n) is 12.1. The van der Waals surface area contributed by atoms with Crippen LogP contribution in [0.15, 0.2) is 28.8 Å². The lowest BCUT2D eigenvalue weighted by atomic mass is 10.1. The van der Waals surface area contributed by atoms with Gasteiger partial charge in [-0.05, 0) is 55.8 Å². The molecule has 1 aromatic rings. The number of aryl methyl sites for hydroxylation is 2. The first-order valence-corrected chi connectivity index (χ1v) is 7.06. The van der Waals surface area contributed by atoms with Crippen LogP contribution in [0, 0.1) is 35.8 Å². The van der Waals surface area contributed by atoms with Crippen molar-refractivity contribution >= 4 is 23.4 Å². The Balaban J connectivity index is 3.01. The van der Waals surface area contributed by atoms with Gasteiger partial charge in [0.05, 0.1) is 6.61 Å². The molecule has 0 aromatic heterocycles. The maximum Gasteiger partial charge on any atom is 0.350 e. The molecule has 1 aromatic carbocycles. The minimum absolute atomic E-state index is 0.0915. The molecule has 6 heteroatoms. The van der Waals surface area contributed by atoms with Gasteiger partial charge in [-0.25, -0.2) is 4.79 Å². The highest BCUT2D eigenvalue weighted by atomic mass is 32.2. The van der Waals surface area contributed by atoms with Gasteiger partial charge in [0.1, 0.15) is 11.5 Å². The minimum atomic E-state index is -0.653. The molecule has 0 aliphatic carbocycles. The highest BCUT2D eigenvalue weighted by Gasteiger charge is 2.10. The van der Waals surface area contributed by atoms with Crippen molar-refractivity contribution in [2.75, 3.05) is 11.9 Å². The largest absolute Gasteiger partial charge is 0.462 e. The summed E-state index contributed by atoms with van der Waals surface area (Å²) < 4.78 is 4.79. The first-order valence-electron chi connectivity index (χ1n) is 6.24. The molecule has 0 unspecified atom stereocenters. The molecule has 0 aliphatic heterocycles. The lowest BCUT2D eigenvalue weighted by Gasteiger charge is -2.11. The summed E-state index contributed by atoms with van der Waals surface area (Å²) in [6, 6.07) is 5.54. The molecule has 108 valence electrons. The maximum atomic E-state index is 11.5. The zero-order chi connectivity index (χ0) is 15.8. The van der Waals surface area contributed by atoms with Gasteiger partial charge in [0.2, 0.25) is 0 Å². The van der Waals surface area contributed by atoms with Crippen LogP contribution in [0.4, 0.5) is 5.69 Å². The number of nitrogens with one attached hydrogen (secondary N) is 1. The summed E-state index contributed by atoms with van der Waals surface area (Å²) in [5.74, 6) is -0.653. The molecule has 0 heterocycles. The third kappa shape index (κ3) is 4.55. The Morgan fingerprint density at radius 3 is 2.48 bits per heavy atom. The average molecular weight is 301 g/mol. The Labute approximate surface area is 128 Å². The van der Waals surface area contributed by atoms with E-state index in [9.17, 15) is 4.79 Å². The summed E-state index contributed by atoms with van der Waals surface area (Å²) in [4.78, 5) is 12.4. The van der Waals surface area contributed by atoms with Crippen LogP contribution in [0.5, 0.6) is 0 Å². The summed E-state index contributed by atoms with van der Waals surface area (Å²) in [7, 11) is 0. The lowest BCUT2D eigenvalue weighted by molar-refractivity contribution is -0.138. The fraction of sp³-hybridized carbons (Fsp3) is 0.267. The number of thiocyanates is 1. The molecule has 21 heavy (non-hydrogen) atoms. The Kier molecular flexibility index (Phi) is 6.32. The van der Waals surface area contributed by atoms with Gasteiger partial charge in [0.25, 0.3) is 0 Å². The van der Waals surface area contributed by atoms with Gasteiger partial charge in [0, 0.05) is 16.8 Å². The number of nitriles is 2. The third-order valence-electron chi connectivity index (χ3n) is 2.65. The van der Waals surface area contributed by atoms with Crippen molar-refractivity contribution in [3.05, 3.63) is 35.0 Å². The highest BCUT2D eigenvalue weighted by molar-refractivity contribution is 8.03. The molecule has 0 spiro atoms. The third-order valence-corrected chi connectivity index (χ3v) is 3.21. The van der Waals surface area contributed by atoms with E-state index in [1.807, 2.05) is 31.4 Å². The first kappa shape index (κ1) is 16.6. The van der Waals surface area contributed by atoms with Crippen molar-refractivity contribution in [2.24, 2.45) is 0 Å². The van der Waals surface area contributed by atoms with Crippen LogP contribution < -0.4 is 5.32 Å². The number of rotatable bonds is 5. The van der Waals surface area contributed by atoms with E-state index in [0.717, 1.165) is 33.5 Å². The topological polar surface area (TPSA) is 85.9 Å². The number of carbonyl (C=O) groups is 1. The predicted molar refractivity (Wildman–Crippen MR) is 81.3 cm³/mol. The van der Waals surface area contributed by atoms with Crippen LogP contribution in [-0.4, -0.2) is 12.6 Å². The van der Waals surface area contributed by atoms with Crippen LogP contribution in [0.2, 0.25) is 0 Å². The molecule has 0 amide bonds. The van der Waals surface area contributed by atoms with Gasteiger partial charge >= 0.3 is 5.97 Å². The van der Waals surface area contributed by atoms with Gasteiger partial charge in [-0.2, -0.15) is 10.5 Å². The Hall–Kier alpha value is -2.44. The van der Waals surface area contributed by atoms with Crippen molar-refractivity contribution in [3.8, 4) is 11.5 Å². The number of nitrogens with zero attached hydrogens (tertiary/aromatic N) is 2. The van der Waals surface area contributed by atoms with Crippen LogP contribution >= 0.6 is 11.8 Å². The summed E-state index contributed by atoms with van der Waals surface area (Å²) in [5.41, 5.74) is 2.55. The number of hydrogen-bond donors (Lipinski definition) is 1. The van der Waals surface area contributed by atoms with Crippen LogP contribution in [0.1, 0.15) is 18.1 Å². The van der Waals surface area contributed by atoms with E-state index in [1.165, 1.54) is 6.20 Å². The highest BCUT2D eigenvalue weighted by Crippen LogP contribution is 2.27. The Bertz CT molecular complexity index is 631. The summed E-state index contributed by atoms with van der Waals surface area (Å²) in [6.45, 7) is 5.68. The van der Waals surface area contributed by atoms with Gasteiger partial charge in [-0.15, -0.1) is 0 Å². The van der Waals surface area contributed by atoms with E-state index in [2.05, 4.69) is 5.32 Å². The number of ether oxygens (including phenoxy) is 1. The molecular weight excluding hydrogens is 286 g/mol. The van der Waals surface area contributed by atoms with Crippen molar-refractivity contribution in [3.63, 3.8) is 0 Å². The van der Waals surface area contributed by atoms with E-state index in [-0.39, 0.29) is 12.2 Å². The summed E-state index contributed by atoms with van der Waals surface area (Å²) >= 11 is 1.09. The Morgan fingerprint density at radius 1 is 1.38 bits per heavy atom. The monoisotopic (exact) mass is 301 g/mol. The zero-order valence-corrected chi connectivity index (χ0v) is 12.9. The molecule has 0 bridgehead atoms. The predicted octanol–water partition coefficient (Wildman–Crippen LogP) is 3.26. The molecule has 0 radical (unpaired) electrons. The van der Waals surface area contributed by atoms with Gasteiger partial charge in [0.15, 0.2) is 5.57 Å². The van der Waals surface area contributed by atoms with Gasteiger partial charge in [-0.3, -0.25) is 0 Å². The lowest BCUT2D eigenvalue weighted by Crippen LogP contribution is -2.08. The SMILES string of the molecule is CCOC(=O)/C(C#N)=C/Nc1c(C)cc(SC#N)cc1C. The molecular formula is C15H15N3O2S. The summed E-state index contributed by atoms with van der Waals surface area (Å²) in [6.07, 6.45) is 1.34. The van der Waals surface area contributed by atoms with E-state index in [1.54, 1.807) is 13.0 Å². The Morgan fingerprint density at radius 2 is 2.00 bits per heavy atom. The molecule has 0 saturated carbocycles. The first-order chi connectivity index (χ1) is 10.0. The van der Waals surface area contributed by atoms with Crippen LogP contribution in [-0.2, 0) is 9.53 Å².